The van der Waals surface area contributed by atoms with E-state index >= 15 is 0 Å². The van der Waals surface area contributed by atoms with Gasteiger partial charge in [0.2, 0.25) is 0 Å². The van der Waals surface area contributed by atoms with Gasteiger partial charge in [0.1, 0.15) is 0 Å². The fourth-order valence-corrected chi connectivity index (χ4v) is 0.952. The van der Waals surface area contributed by atoms with Crippen LogP contribution >= 0.6 is 9.24 Å². The molecule has 50 valence electrons. The molecule has 0 aromatic rings. The van der Waals surface area contributed by atoms with Gasteiger partial charge < -0.3 is 0 Å². The molecule has 0 bridgehead atoms. The summed E-state index contributed by atoms with van der Waals surface area (Å²) in [6.07, 6.45) is 5.52. The quantitative estimate of drug-likeness (QED) is 0.407. The third kappa shape index (κ3) is 6.43. The zero-order valence-electron chi connectivity index (χ0n) is 5.98. The molecule has 0 spiro atoms. The maximum absolute atomic E-state index is 2.83. The van der Waals surface area contributed by atoms with E-state index in [1.54, 1.807) is 0 Å². The molecule has 0 radical (unpaired) electrons. The molecule has 0 aromatic carbocycles. The van der Waals surface area contributed by atoms with Crippen LogP contribution in [0.3, 0.4) is 0 Å². The van der Waals surface area contributed by atoms with Crippen LogP contribution in [-0.4, -0.2) is 5.66 Å². The minimum absolute atomic E-state index is 0.821. The first-order chi connectivity index (χ1) is 3.77. The highest BCUT2D eigenvalue weighted by atomic mass is 31.0. The topological polar surface area (TPSA) is 0 Å². The second-order valence-electron chi connectivity index (χ2n) is 2.47. The lowest BCUT2D eigenvalue weighted by molar-refractivity contribution is 0.664. The predicted molar refractivity (Wildman–Crippen MR) is 43.3 cm³/mol. The minimum Gasteiger partial charge on any atom is -0.135 e. The van der Waals surface area contributed by atoms with Gasteiger partial charge in [0.05, 0.1) is 0 Å². The molecular formula is C7H17P. The van der Waals surface area contributed by atoms with Gasteiger partial charge in [0, 0.05) is 0 Å². The van der Waals surface area contributed by atoms with Crippen molar-refractivity contribution in [3.05, 3.63) is 0 Å². The van der Waals surface area contributed by atoms with Crippen LogP contribution in [0.2, 0.25) is 0 Å². The zero-order valence-corrected chi connectivity index (χ0v) is 7.14. The van der Waals surface area contributed by atoms with Crippen LogP contribution in [0, 0.1) is 0 Å². The first-order valence-corrected chi connectivity index (χ1v) is 4.19. The molecule has 2 atom stereocenters. The van der Waals surface area contributed by atoms with Gasteiger partial charge in [0.15, 0.2) is 0 Å². The van der Waals surface area contributed by atoms with Gasteiger partial charge in [-0.25, -0.2) is 0 Å². The SMILES string of the molecule is CCCCCC(C)P. The Bertz CT molecular complexity index is 41.7. The fraction of sp³-hybridized carbons (Fsp3) is 1.00. The van der Waals surface area contributed by atoms with Crippen molar-refractivity contribution in [1.82, 2.24) is 0 Å². The van der Waals surface area contributed by atoms with Crippen molar-refractivity contribution in [2.45, 2.75) is 45.2 Å². The summed E-state index contributed by atoms with van der Waals surface area (Å²) in [7, 11) is 2.83. The molecule has 0 aromatic heterocycles. The van der Waals surface area contributed by atoms with Crippen molar-refractivity contribution in [1.29, 1.82) is 0 Å². The molecule has 0 saturated heterocycles. The highest BCUT2D eigenvalue weighted by Crippen LogP contribution is 2.09. The first kappa shape index (κ1) is 8.43. The zero-order chi connectivity index (χ0) is 6.41. The van der Waals surface area contributed by atoms with Crippen LogP contribution in [0.25, 0.3) is 0 Å². The van der Waals surface area contributed by atoms with Crippen molar-refractivity contribution >= 4 is 9.24 Å². The molecule has 1 heteroatoms. The smallest absolute Gasteiger partial charge is 0.0293 e. The maximum atomic E-state index is 2.83. The molecule has 2 unspecified atom stereocenters. The normalized spacial score (nSPS) is 13.9. The van der Waals surface area contributed by atoms with Crippen molar-refractivity contribution in [2.75, 3.05) is 0 Å². The Hall–Kier alpha value is 0.430. The van der Waals surface area contributed by atoms with Gasteiger partial charge in [0.25, 0.3) is 0 Å². The summed E-state index contributed by atoms with van der Waals surface area (Å²) in [4.78, 5) is 0. The number of hydrogen-bond acceptors (Lipinski definition) is 0. The lowest BCUT2D eigenvalue weighted by atomic mass is 10.2. The van der Waals surface area contributed by atoms with Gasteiger partial charge in [-0.1, -0.05) is 33.1 Å². The Kier molecular flexibility index (Phi) is 5.86. The van der Waals surface area contributed by atoms with E-state index in [4.69, 9.17) is 0 Å². The van der Waals surface area contributed by atoms with E-state index in [-0.39, 0.29) is 0 Å². The molecule has 0 aliphatic carbocycles. The Balaban J connectivity index is 2.72. The maximum Gasteiger partial charge on any atom is -0.0293 e. The molecular weight excluding hydrogens is 115 g/mol. The largest absolute Gasteiger partial charge is 0.135 e. The summed E-state index contributed by atoms with van der Waals surface area (Å²) in [5.41, 5.74) is 0.821. The van der Waals surface area contributed by atoms with Gasteiger partial charge in [-0.15, -0.1) is 9.24 Å². The third-order valence-electron chi connectivity index (χ3n) is 1.26. The average Bonchev–Trinajstić information content (AvgIpc) is 1.66. The molecule has 0 N–H and O–H groups in total. The van der Waals surface area contributed by atoms with Crippen molar-refractivity contribution in [3.63, 3.8) is 0 Å². The molecule has 0 nitrogen and oxygen atoms in total. The molecule has 0 saturated carbocycles. The Morgan fingerprint density at radius 1 is 1.38 bits per heavy atom. The number of unbranched alkanes of at least 4 members (excludes halogenated alkanes) is 2. The predicted octanol–water partition coefficient (Wildman–Crippen LogP) is 2.83. The van der Waals surface area contributed by atoms with Gasteiger partial charge in [-0.05, 0) is 12.1 Å². The fourth-order valence-electron chi connectivity index (χ4n) is 0.716. The highest BCUT2D eigenvalue weighted by molar-refractivity contribution is 7.17. The molecule has 0 amide bonds. The van der Waals surface area contributed by atoms with Crippen LogP contribution in [0.15, 0.2) is 0 Å². The van der Waals surface area contributed by atoms with E-state index in [1.807, 2.05) is 0 Å². The van der Waals surface area contributed by atoms with Gasteiger partial charge in [-0.2, -0.15) is 0 Å². The van der Waals surface area contributed by atoms with Crippen LogP contribution in [0.4, 0.5) is 0 Å². The highest BCUT2D eigenvalue weighted by Gasteiger charge is 1.90. The van der Waals surface area contributed by atoms with E-state index < -0.39 is 0 Å². The van der Waals surface area contributed by atoms with Crippen molar-refractivity contribution in [3.8, 4) is 0 Å². The number of hydrogen-bond donors (Lipinski definition) is 0. The third-order valence-corrected chi connectivity index (χ3v) is 1.60. The van der Waals surface area contributed by atoms with Crippen molar-refractivity contribution < 1.29 is 0 Å². The summed E-state index contributed by atoms with van der Waals surface area (Å²) in [6, 6.07) is 0. The molecule has 0 aliphatic heterocycles. The summed E-state index contributed by atoms with van der Waals surface area (Å²) >= 11 is 0. The lowest BCUT2D eigenvalue weighted by Crippen LogP contribution is -1.87. The van der Waals surface area contributed by atoms with Gasteiger partial charge >= 0.3 is 0 Å². The van der Waals surface area contributed by atoms with E-state index in [9.17, 15) is 0 Å². The Morgan fingerprint density at radius 3 is 2.38 bits per heavy atom. The minimum atomic E-state index is 0.821. The standard InChI is InChI=1S/C7H17P/c1-3-4-5-6-7(2)8/h7H,3-6,8H2,1-2H3. The van der Waals surface area contributed by atoms with E-state index in [0.717, 1.165) is 5.66 Å². The molecule has 8 heavy (non-hydrogen) atoms. The monoisotopic (exact) mass is 132 g/mol. The molecule has 0 heterocycles. The van der Waals surface area contributed by atoms with Gasteiger partial charge in [-0.3, -0.25) is 0 Å². The van der Waals surface area contributed by atoms with Crippen LogP contribution in [-0.2, 0) is 0 Å². The summed E-state index contributed by atoms with van der Waals surface area (Å²) in [5, 5.41) is 0. The Morgan fingerprint density at radius 2 is 2.00 bits per heavy atom. The lowest BCUT2D eigenvalue weighted by Gasteiger charge is -2.00. The molecule has 0 rings (SSSR count). The van der Waals surface area contributed by atoms with Crippen LogP contribution in [0.5, 0.6) is 0 Å². The van der Waals surface area contributed by atoms with Crippen LogP contribution < -0.4 is 0 Å². The van der Waals surface area contributed by atoms with Crippen LogP contribution in [0.1, 0.15) is 39.5 Å². The van der Waals surface area contributed by atoms with E-state index in [2.05, 4.69) is 23.1 Å². The average molecular weight is 132 g/mol. The number of rotatable bonds is 4. The molecule has 0 aliphatic rings. The van der Waals surface area contributed by atoms with E-state index in [0.29, 0.717) is 0 Å². The second-order valence-corrected chi connectivity index (χ2v) is 3.61. The summed E-state index contributed by atoms with van der Waals surface area (Å²) in [6.45, 7) is 4.49. The Labute approximate surface area is 55.3 Å². The summed E-state index contributed by atoms with van der Waals surface area (Å²) in [5.74, 6) is 0. The summed E-state index contributed by atoms with van der Waals surface area (Å²) < 4.78 is 0. The molecule has 0 fully saturated rings. The van der Waals surface area contributed by atoms with Crippen molar-refractivity contribution in [2.24, 2.45) is 0 Å². The van der Waals surface area contributed by atoms with E-state index in [1.165, 1.54) is 25.7 Å². The second kappa shape index (κ2) is 5.56. The first-order valence-electron chi connectivity index (χ1n) is 3.53.